The summed E-state index contributed by atoms with van der Waals surface area (Å²) in [6, 6.07) is 12.8. The average Bonchev–Trinajstić information content (AvgIpc) is 2.46. The fourth-order valence-electron chi connectivity index (χ4n) is 2.40. The van der Waals surface area contributed by atoms with Gasteiger partial charge >= 0.3 is 0 Å². The summed E-state index contributed by atoms with van der Waals surface area (Å²) in [6.45, 7) is 0.675. The molecule has 2 aromatic rings. The van der Waals surface area contributed by atoms with E-state index >= 15 is 0 Å². The van der Waals surface area contributed by atoms with Gasteiger partial charge in [-0.25, -0.2) is 0 Å². The van der Waals surface area contributed by atoms with Crippen molar-refractivity contribution in [3.63, 3.8) is 0 Å². The Morgan fingerprint density at radius 2 is 2.00 bits per heavy atom. The highest BCUT2D eigenvalue weighted by Gasteiger charge is 2.20. The second-order valence-electron chi connectivity index (χ2n) is 4.70. The first kappa shape index (κ1) is 11.8. The van der Waals surface area contributed by atoms with Crippen LogP contribution in [0.3, 0.4) is 0 Å². The van der Waals surface area contributed by atoms with E-state index in [1.807, 2.05) is 18.2 Å². The number of para-hydroxylation sites is 1. The molecule has 0 aromatic heterocycles. The number of rotatable bonds is 2. The molecule has 0 spiro atoms. The van der Waals surface area contributed by atoms with E-state index in [9.17, 15) is 4.79 Å². The van der Waals surface area contributed by atoms with E-state index in [2.05, 4.69) is 0 Å². The second kappa shape index (κ2) is 4.76. The molecule has 0 amide bonds. The molecule has 0 fully saturated rings. The largest absolute Gasteiger partial charge is 0.493 e. The summed E-state index contributed by atoms with van der Waals surface area (Å²) in [7, 11) is 0. The lowest BCUT2D eigenvalue weighted by Gasteiger charge is -2.19. The Morgan fingerprint density at radius 1 is 1.16 bits per heavy atom. The molecule has 0 saturated carbocycles. The highest BCUT2D eigenvalue weighted by Crippen LogP contribution is 2.30. The summed E-state index contributed by atoms with van der Waals surface area (Å²) >= 11 is 0. The molecule has 0 atom stereocenters. The molecule has 0 radical (unpaired) electrons. The molecule has 0 bridgehead atoms. The van der Waals surface area contributed by atoms with E-state index in [0.717, 1.165) is 24.2 Å². The predicted octanol–water partition coefficient (Wildman–Crippen LogP) is 2.82. The van der Waals surface area contributed by atoms with Gasteiger partial charge in [0, 0.05) is 11.3 Å². The Labute approximate surface area is 112 Å². The van der Waals surface area contributed by atoms with Crippen molar-refractivity contribution in [2.45, 2.75) is 12.8 Å². The molecule has 0 saturated heterocycles. The Kier molecular flexibility index (Phi) is 2.95. The number of benzene rings is 2. The molecule has 1 aliphatic heterocycles. The number of hydrogen-bond donors (Lipinski definition) is 1. The minimum atomic E-state index is -0.0361. The van der Waals surface area contributed by atoms with Crippen molar-refractivity contribution in [1.29, 1.82) is 0 Å². The fourth-order valence-corrected chi connectivity index (χ4v) is 2.40. The topological polar surface area (TPSA) is 52.3 Å². The normalized spacial score (nSPS) is 13.5. The van der Waals surface area contributed by atoms with E-state index in [1.165, 1.54) is 0 Å². The molecular weight excluding hydrogens is 238 g/mol. The molecule has 0 unspecified atom stereocenters. The van der Waals surface area contributed by atoms with Gasteiger partial charge in [0.1, 0.15) is 5.75 Å². The Hall–Kier alpha value is -2.29. The van der Waals surface area contributed by atoms with E-state index in [-0.39, 0.29) is 5.78 Å². The van der Waals surface area contributed by atoms with Crippen LogP contribution in [-0.2, 0) is 6.42 Å². The number of hydrogen-bond acceptors (Lipinski definition) is 3. The molecule has 0 aliphatic carbocycles. The van der Waals surface area contributed by atoms with Gasteiger partial charge in [0.15, 0.2) is 5.78 Å². The van der Waals surface area contributed by atoms with E-state index in [4.69, 9.17) is 10.5 Å². The summed E-state index contributed by atoms with van der Waals surface area (Å²) in [5.74, 6) is 0.701. The zero-order valence-corrected chi connectivity index (χ0v) is 10.6. The van der Waals surface area contributed by atoms with Crippen LogP contribution >= 0.6 is 0 Å². The van der Waals surface area contributed by atoms with Gasteiger partial charge in [0.2, 0.25) is 0 Å². The van der Waals surface area contributed by atoms with Gasteiger partial charge in [-0.15, -0.1) is 0 Å². The van der Waals surface area contributed by atoms with E-state index in [1.54, 1.807) is 24.3 Å². The van der Waals surface area contributed by atoms with Crippen LogP contribution in [0.25, 0.3) is 0 Å². The van der Waals surface area contributed by atoms with Crippen LogP contribution in [0.1, 0.15) is 27.9 Å². The van der Waals surface area contributed by atoms with Gasteiger partial charge in [0.05, 0.1) is 12.2 Å². The molecule has 1 aliphatic rings. The first-order chi connectivity index (χ1) is 9.25. The van der Waals surface area contributed by atoms with Crippen molar-refractivity contribution in [3.05, 3.63) is 59.2 Å². The average molecular weight is 253 g/mol. The first-order valence-corrected chi connectivity index (χ1v) is 6.40. The molecule has 2 N–H and O–H groups in total. The molecular formula is C16H15NO2. The van der Waals surface area contributed by atoms with Crippen molar-refractivity contribution in [2.24, 2.45) is 0 Å². The quantitative estimate of drug-likeness (QED) is 0.661. The van der Waals surface area contributed by atoms with Crippen LogP contribution in [0.4, 0.5) is 5.69 Å². The van der Waals surface area contributed by atoms with Gasteiger partial charge in [-0.05, 0) is 36.6 Å². The molecule has 96 valence electrons. The van der Waals surface area contributed by atoms with Crippen LogP contribution in [0.5, 0.6) is 5.75 Å². The molecule has 19 heavy (non-hydrogen) atoms. The zero-order chi connectivity index (χ0) is 13.2. The lowest BCUT2D eigenvalue weighted by Crippen LogP contribution is -2.13. The van der Waals surface area contributed by atoms with Crippen LogP contribution in [0, 0.1) is 0 Å². The zero-order valence-electron chi connectivity index (χ0n) is 10.6. The second-order valence-corrected chi connectivity index (χ2v) is 4.70. The number of ether oxygens (including phenoxy) is 1. The highest BCUT2D eigenvalue weighted by molar-refractivity contribution is 6.11. The minimum Gasteiger partial charge on any atom is -0.493 e. The molecule has 3 heteroatoms. The number of nitrogens with two attached hydrogens (primary N) is 1. The van der Waals surface area contributed by atoms with Crippen LogP contribution < -0.4 is 10.5 Å². The summed E-state index contributed by atoms with van der Waals surface area (Å²) in [4.78, 5) is 12.5. The van der Waals surface area contributed by atoms with Crippen molar-refractivity contribution >= 4 is 11.5 Å². The number of carbonyl (C=O) groups is 1. The van der Waals surface area contributed by atoms with Crippen LogP contribution in [0.2, 0.25) is 0 Å². The Balaban J connectivity index is 2.05. The Bertz CT molecular complexity index is 634. The van der Waals surface area contributed by atoms with Crippen molar-refractivity contribution in [1.82, 2.24) is 0 Å². The monoisotopic (exact) mass is 253 g/mol. The maximum absolute atomic E-state index is 12.5. The van der Waals surface area contributed by atoms with E-state index < -0.39 is 0 Å². The predicted molar refractivity (Wildman–Crippen MR) is 74.5 cm³/mol. The van der Waals surface area contributed by atoms with Crippen molar-refractivity contribution in [3.8, 4) is 5.75 Å². The van der Waals surface area contributed by atoms with E-state index in [0.29, 0.717) is 23.4 Å². The maximum atomic E-state index is 12.5. The van der Waals surface area contributed by atoms with Crippen LogP contribution in [-0.4, -0.2) is 12.4 Å². The van der Waals surface area contributed by atoms with Crippen LogP contribution in [0.15, 0.2) is 42.5 Å². The van der Waals surface area contributed by atoms with Gasteiger partial charge in [-0.3, -0.25) is 4.79 Å². The summed E-state index contributed by atoms with van der Waals surface area (Å²) in [5.41, 5.74) is 8.66. The number of anilines is 1. The number of nitrogen functional groups attached to an aromatic ring is 1. The third-order valence-electron chi connectivity index (χ3n) is 3.33. The molecule has 3 nitrogen and oxygen atoms in total. The SMILES string of the molecule is Nc1cccc(C(=O)c2cccc3c2OCCC3)c1. The summed E-state index contributed by atoms with van der Waals surface area (Å²) < 4.78 is 5.68. The third kappa shape index (κ3) is 2.19. The number of aryl methyl sites for hydroxylation is 1. The third-order valence-corrected chi connectivity index (χ3v) is 3.33. The number of carbonyl (C=O) groups excluding carboxylic acids is 1. The van der Waals surface area contributed by atoms with Gasteiger partial charge < -0.3 is 10.5 Å². The lowest BCUT2D eigenvalue weighted by atomic mass is 9.96. The number of fused-ring (bicyclic) bond motifs is 1. The minimum absolute atomic E-state index is 0.0361. The Morgan fingerprint density at radius 3 is 2.84 bits per heavy atom. The fraction of sp³-hybridized carbons (Fsp3) is 0.188. The van der Waals surface area contributed by atoms with Gasteiger partial charge in [0.25, 0.3) is 0 Å². The summed E-state index contributed by atoms with van der Waals surface area (Å²) in [6.07, 6.45) is 1.97. The maximum Gasteiger partial charge on any atom is 0.196 e. The highest BCUT2D eigenvalue weighted by atomic mass is 16.5. The standard InChI is InChI=1S/C16H15NO2/c17-13-7-1-5-12(10-13)15(18)14-8-2-4-11-6-3-9-19-16(11)14/h1-2,4-5,7-8,10H,3,6,9,17H2. The molecule has 1 heterocycles. The first-order valence-electron chi connectivity index (χ1n) is 6.40. The lowest BCUT2D eigenvalue weighted by molar-refractivity contribution is 0.103. The summed E-state index contributed by atoms with van der Waals surface area (Å²) in [5, 5.41) is 0. The van der Waals surface area contributed by atoms with Crippen molar-refractivity contribution in [2.75, 3.05) is 12.3 Å². The van der Waals surface area contributed by atoms with Crippen molar-refractivity contribution < 1.29 is 9.53 Å². The molecule has 2 aromatic carbocycles. The number of ketones is 1. The smallest absolute Gasteiger partial charge is 0.196 e. The molecule has 3 rings (SSSR count). The van der Waals surface area contributed by atoms with Gasteiger partial charge in [-0.2, -0.15) is 0 Å². The van der Waals surface area contributed by atoms with Gasteiger partial charge in [-0.1, -0.05) is 24.3 Å².